The highest BCUT2D eigenvalue weighted by molar-refractivity contribution is 14.1. The fourth-order valence-electron chi connectivity index (χ4n) is 1.94. The molecule has 7 nitrogen and oxygen atoms in total. The minimum atomic E-state index is -0.998. The highest BCUT2D eigenvalue weighted by Gasteiger charge is 2.22. The van der Waals surface area contributed by atoms with E-state index in [2.05, 4.69) is 8.51 Å². The van der Waals surface area contributed by atoms with E-state index in [9.17, 15) is 14.9 Å². The molecule has 1 unspecified atom stereocenters. The van der Waals surface area contributed by atoms with Gasteiger partial charge < -0.3 is 10.1 Å². The number of fused-ring (bicyclic) bond motifs is 1. The summed E-state index contributed by atoms with van der Waals surface area (Å²) in [5.74, 6) is -0.998. The number of nitrogens with one attached hydrogen (secondary N) is 2. The Hall–Kier alpha value is -1.68. The van der Waals surface area contributed by atoms with Crippen molar-refractivity contribution in [2.45, 2.75) is 12.5 Å². The number of rotatable bonds is 5. The lowest BCUT2D eigenvalue weighted by atomic mass is 10.0. The van der Waals surface area contributed by atoms with E-state index < -0.39 is 16.9 Å². The molecule has 100 valence electrons. The first kappa shape index (κ1) is 13.7. The maximum Gasteiger partial charge on any atom is 0.321 e. The van der Waals surface area contributed by atoms with E-state index in [-0.39, 0.29) is 12.1 Å². The van der Waals surface area contributed by atoms with E-state index in [4.69, 9.17) is 5.11 Å². The number of benzene rings is 1. The van der Waals surface area contributed by atoms with Crippen LogP contribution >= 0.6 is 22.9 Å². The standard InChI is InChI=1S/C11H10IN3O4/c12-14-8(11(16)17)4-6-5-13-7-2-1-3-9(10(6)7)15(18)19/h1-3,5,8,13-14H,4H2,(H,16,17). The number of carbonyl (C=O) groups is 1. The smallest absolute Gasteiger partial charge is 0.321 e. The van der Waals surface area contributed by atoms with Crippen molar-refractivity contribution in [3.05, 3.63) is 40.1 Å². The number of carboxylic acids is 1. The second kappa shape index (κ2) is 5.53. The maximum atomic E-state index is 11.0. The van der Waals surface area contributed by atoms with Crippen molar-refractivity contribution in [2.24, 2.45) is 0 Å². The third kappa shape index (κ3) is 2.68. The van der Waals surface area contributed by atoms with Crippen LogP contribution in [-0.4, -0.2) is 27.0 Å². The second-order valence-corrected chi connectivity index (χ2v) is 4.60. The topological polar surface area (TPSA) is 108 Å². The van der Waals surface area contributed by atoms with Crippen LogP contribution in [0.3, 0.4) is 0 Å². The van der Waals surface area contributed by atoms with Gasteiger partial charge in [-0.05, 0) is 11.6 Å². The van der Waals surface area contributed by atoms with Gasteiger partial charge in [0.15, 0.2) is 0 Å². The van der Waals surface area contributed by atoms with Gasteiger partial charge in [-0.1, -0.05) is 6.07 Å². The van der Waals surface area contributed by atoms with Gasteiger partial charge in [0.2, 0.25) is 0 Å². The van der Waals surface area contributed by atoms with Gasteiger partial charge in [0.05, 0.1) is 15.8 Å². The van der Waals surface area contributed by atoms with E-state index in [1.807, 2.05) is 0 Å². The highest BCUT2D eigenvalue weighted by Crippen LogP contribution is 2.29. The van der Waals surface area contributed by atoms with Crippen LogP contribution in [0.4, 0.5) is 5.69 Å². The molecule has 0 amide bonds. The molecule has 0 bridgehead atoms. The van der Waals surface area contributed by atoms with Crippen LogP contribution < -0.4 is 3.53 Å². The molecule has 0 saturated heterocycles. The molecular weight excluding hydrogens is 365 g/mol. The zero-order chi connectivity index (χ0) is 14.0. The number of hydrogen-bond donors (Lipinski definition) is 3. The number of aromatic nitrogens is 1. The number of aliphatic carboxylic acids is 1. The fraction of sp³-hybridized carbons (Fsp3) is 0.182. The van der Waals surface area contributed by atoms with E-state index in [0.29, 0.717) is 16.5 Å². The first-order chi connectivity index (χ1) is 9.04. The third-order valence-corrected chi connectivity index (χ3v) is 3.57. The molecule has 1 aromatic heterocycles. The van der Waals surface area contributed by atoms with Crippen molar-refractivity contribution in [1.82, 2.24) is 8.51 Å². The summed E-state index contributed by atoms with van der Waals surface area (Å²) in [5.41, 5.74) is 1.21. The number of non-ortho nitro benzene ring substituents is 1. The third-order valence-electron chi connectivity index (χ3n) is 2.82. The minimum Gasteiger partial charge on any atom is -0.480 e. The number of carboxylic acid groups (broad SMARTS) is 1. The lowest BCUT2D eigenvalue weighted by molar-refractivity contribution is -0.383. The Labute approximate surface area is 121 Å². The van der Waals surface area contributed by atoms with Crippen molar-refractivity contribution in [3.8, 4) is 0 Å². The molecule has 2 aromatic rings. The van der Waals surface area contributed by atoms with Crippen molar-refractivity contribution in [2.75, 3.05) is 0 Å². The minimum absolute atomic E-state index is 0.0219. The van der Waals surface area contributed by atoms with Crippen LogP contribution in [0.2, 0.25) is 0 Å². The molecule has 2 rings (SSSR count). The Bertz CT molecular complexity index is 640. The zero-order valence-corrected chi connectivity index (χ0v) is 11.7. The van der Waals surface area contributed by atoms with Gasteiger partial charge >= 0.3 is 5.97 Å². The summed E-state index contributed by atoms with van der Waals surface area (Å²) in [5, 5.41) is 20.5. The van der Waals surface area contributed by atoms with Crippen molar-refractivity contribution < 1.29 is 14.8 Å². The highest BCUT2D eigenvalue weighted by atomic mass is 127. The number of nitrogens with zero attached hydrogens (tertiary/aromatic N) is 1. The zero-order valence-electron chi connectivity index (χ0n) is 9.59. The van der Waals surface area contributed by atoms with Crippen molar-refractivity contribution in [1.29, 1.82) is 0 Å². The summed E-state index contributed by atoms with van der Waals surface area (Å²) in [6, 6.07) is 3.93. The molecule has 0 radical (unpaired) electrons. The Morgan fingerprint density at radius 2 is 2.32 bits per heavy atom. The van der Waals surface area contributed by atoms with Gasteiger partial charge in [-0.3, -0.25) is 14.9 Å². The fourth-order valence-corrected chi connectivity index (χ4v) is 2.43. The van der Waals surface area contributed by atoms with Crippen LogP contribution in [0.1, 0.15) is 5.56 Å². The lowest BCUT2D eigenvalue weighted by Gasteiger charge is -2.08. The van der Waals surface area contributed by atoms with E-state index in [1.165, 1.54) is 6.07 Å². The van der Waals surface area contributed by atoms with Crippen LogP contribution in [0, 0.1) is 10.1 Å². The first-order valence-electron chi connectivity index (χ1n) is 5.37. The van der Waals surface area contributed by atoms with Gasteiger partial charge in [-0.25, -0.2) is 3.53 Å². The summed E-state index contributed by atoms with van der Waals surface area (Å²) < 4.78 is 2.64. The van der Waals surface area contributed by atoms with E-state index in [1.54, 1.807) is 41.2 Å². The quantitative estimate of drug-likeness (QED) is 0.321. The van der Waals surface area contributed by atoms with Gasteiger partial charge in [-0.2, -0.15) is 0 Å². The summed E-state index contributed by atoms with van der Waals surface area (Å²) >= 11 is 1.76. The molecule has 8 heteroatoms. The molecule has 0 saturated carbocycles. The SMILES string of the molecule is O=C(O)C(Cc1c[nH]c2cccc([N+](=O)[O-])c12)NI. The van der Waals surface area contributed by atoms with E-state index in [0.717, 1.165) is 0 Å². The van der Waals surface area contributed by atoms with Crippen LogP contribution in [0.15, 0.2) is 24.4 Å². The van der Waals surface area contributed by atoms with Crippen LogP contribution in [-0.2, 0) is 11.2 Å². The molecular formula is C11H10IN3O4. The predicted molar refractivity (Wildman–Crippen MR) is 77.2 cm³/mol. The number of nitro groups is 1. The van der Waals surface area contributed by atoms with Gasteiger partial charge in [0, 0.05) is 41.5 Å². The van der Waals surface area contributed by atoms with E-state index >= 15 is 0 Å². The summed E-state index contributed by atoms with van der Waals surface area (Å²) in [6.45, 7) is 0. The molecule has 1 aromatic carbocycles. The first-order valence-corrected chi connectivity index (χ1v) is 6.44. The largest absolute Gasteiger partial charge is 0.480 e. The Morgan fingerprint density at radius 3 is 2.89 bits per heavy atom. The summed E-state index contributed by atoms with van der Waals surface area (Å²) in [6.07, 6.45) is 1.78. The van der Waals surface area contributed by atoms with Gasteiger partial charge in [0.1, 0.15) is 6.04 Å². The average molecular weight is 375 g/mol. The molecule has 0 aliphatic heterocycles. The number of H-pyrrole nitrogens is 1. The van der Waals surface area contributed by atoms with Crippen LogP contribution in [0.5, 0.6) is 0 Å². The molecule has 0 fully saturated rings. The molecule has 1 atom stereocenters. The Balaban J connectivity index is 2.49. The Morgan fingerprint density at radius 1 is 1.58 bits per heavy atom. The predicted octanol–water partition coefficient (Wildman–Crippen LogP) is 2.01. The molecule has 0 spiro atoms. The number of aromatic amines is 1. The summed E-state index contributed by atoms with van der Waals surface area (Å²) in [7, 11) is 0. The lowest BCUT2D eigenvalue weighted by Crippen LogP contribution is -2.32. The molecule has 19 heavy (non-hydrogen) atoms. The Kier molecular flexibility index (Phi) is 4.00. The monoisotopic (exact) mass is 375 g/mol. The van der Waals surface area contributed by atoms with Crippen molar-refractivity contribution in [3.63, 3.8) is 0 Å². The normalized spacial score (nSPS) is 12.5. The summed E-state index contributed by atoms with van der Waals surface area (Å²) in [4.78, 5) is 24.5. The van der Waals surface area contributed by atoms with Crippen LogP contribution in [0.25, 0.3) is 10.9 Å². The molecule has 3 N–H and O–H groups in total. The number of hydrogen-bond acceptors (Lipinski definition) is 4. The molecule has 0 aliphatic carbocycles. The number of nitro benzene ring substituents is 1. The average Bonchev–Trinajstić information content (AvgIpc) is 2.78. The van der Waals surface area contributed by atoms with Gasteiger partial charge in [0.25, 0.3) is 5.69 Å². The number of halogens is 1. The maximum absolute atomic E-state index is 11.0. The van der Waals surface area contributed by atoms with Crippen molar-refractivity contribution >= 4 is 45.4 Å². The molecule has 0 aliphatic rings. The van der Waals surface area contributed by atoms with Gasteiger partial charge in [-0.15, -0.1) is 0 Å². The second-order valence-electron chi connectivity index (χ2n) is 3.97. The molecule has 1 heterocycles.